The van der Waals surface area contributed by atoms with Crippen molar-refractivity contribution in [2.75, 3.05) is 0 Å². The molecule has 0 amide bonds. The van der Waals surface area contributed by atoms with E-state index in [2.05, 4.69) is 0 Å². The van der Waals surface area contributed by atoms with Gasteiger partial charge in [0, 0.05) is 11.0 Å². The van der Waals surface area contributed by atoms with Crippen LogP contribution in [0.5, 0.6) is 0 Å². The van der Waals surface area contributed by atoms with E-state index >= 15 is 0 Å². The van der Waals surface area contributed by atoms with Crippen LogP contribution < -0.4 is 5.73 Å². The van der Waals surface area contributed by atoms with Gasteiger partial charge in [0.2, 0.25) is 0 Å². The Hall–Kier alpha value is -1.42. The van der Waals surface area contributed by atoms with Crippen LogP contribution in [-0.2, 0) is 10.2 Å². The predicted octanol–water partition coefficient (Wildman–Crippen LogP) is 2.30. The summed E-state index contributed by atoms with van der Waals surface area (Å²) in [6, 6.07) is 5.95. The number of carboxylic acid groups (broad SMARTS) is 1. The molecule has 17 heavy (non-hydrogen) atoms. The molecule has 0 saturated carbocycles. The zero-order valence-electron chi connectivity index (χ0n) is 10.3. The third-order valence-corrected chi connectivity index (χ3v) is 3.39. The van der Waals surface area contributed by atoms with Crippen LogP contribution in [0.25, 0.3) is 0 Å². The van der Waals surface area contributed by atoms with Crippen LogP contribution in [0.15, 0.2) is 24.3 Å². The molecule has 0 heterocycles. The fourth-order valence-corrected chi connectivity index (χ4v) is 1.84. The molecule has 0 aromatic heterocycles. The van der Waals surface area contributed by atoms with Crippen molar-refractivity contribution in [3.05, 3.63) is 35.6 Å². The molecule has 0 fully saturated rings. The van der Waals surface area contributed by atoms with Crippen molar-refractivity contribution >= 4 is 5.97 Å². The lowest BCUT2D eigenvalue weighted by molar-refractivity contribution is -0.139. The van der Waals surface area contributed by atoms with Crippen LogP contribution >= 0.6 is 0 Å². The first-order valence-electron chi connectivity index (χ1n) is 5.43. The molecule has 0 aliphatic carbocycles. The lowest BCUT2D eigenvalue weighted by Gasteiger charge is -2.41. The summed E-state index contributed by atoms with van der Waals surface area (Å²) in [5.74, 6) is -1.33. The lowest BCUT2D eigenvalue weighted by Crippen LogP contribution is -2.53. The van der Waals surface area contributed by atoms with E-state index in [1.807, 2.05) is 0 Å². The summed E-state index contributed by atoms with van der Waals surface area (Å²) in [4.78, 5) is 11.0. The average molecular weight is 239 g/mol. The number of hydrogen-bond donors (Lipinski definition) is 2. The van der Waals surface area contributed by atoms with Crippen LogP contribution in [-0.4, -0.2) is 16.6 Å². The fourth-order valence-electron chi connectivity index (χ4n) is 1.84. The van der Waals surface area contributed by atoms with Crippen molar-refractivity contribution < 1.29 is 14.3 Å². The second kappa shape index (κ2) is 4.45. The predicted molar refractivity (Wildman–Crippen MR) is 64.3 cm³/mol. The molecule has 0 saturated heterocycles. The van der Waals surface area contributed by atoms with Gasteiger partial charge in [-0.1, -0.05) is 19.1 Å². The Bertz CT molecular complexity index is 426. The zero-order valence-corrected chi connectivity index (χ0v) is 10.3. The summed E-state index contributed by atoms with van der Waals surface area (Å²) in [5.41, 5.74) is 5.08. The number of hydrogen-bond acceptors (Lipinski definition) is 2. The number of halogens is 1. The van der Waals surface area contributed by atoms with E-state index in [1.165, 1.54) is 12.1 Å². The monoisotopic (exact) mass is 239 g/mol. The maximum absolute atomic E-state index is 13.2. The third kappa shape index (κ3) is 2.82. The smallest absolute Gasteiger partial charge is 0.304 e. The summed E-state index contributed by atoms with van der Waals surface area (Å²) < 4.78 is 13.2. The summed E-state index contributed by atoms with van der Waals surface area (Å²) in [5, 5.41) is 8.99. The van der Waals surface area contributed by atoms with Gasteiger partial charge in [-0.15, -0.1) is 0 Å². The Kier molecular flexibility index (Phi) is 3.57. The third-order valence-electron chi connectivity index (χ3n) is 3.39. The Morgan fingerprint density at radius 3 is 2.41 bits per heavy atom. The summed E-state index contributed by atoms with van der Waals surface area (Å²) in [6.45, 7) is 5.25. The van der Waals surface area contributed by atoms with Gasteiger partial charge in [-0.2, -0.15) is 0 Å². The number of benzene rings is 1. The molecule has 0 aliphatic heterocycles. The standard InChI is InChI=1S/C13H18FNO2/c1-12(2,15)13(3,8-11(16)17)9-5-4-6-10(14)7-9/h4-7H,8,15H2,1-3H3,(H,16,17). The van der Waals surface area contributed by atoms with Gasteiger partial charge in [-0.05, 0) is 31.5 Å². The van der Waals surface area contributed by atoms with Crippen LogP contribution in [0, 0.1) is 5.82 Å². The quantitative estimate of drug-likeness (QED) is 0.847. The topological polar surface area (TPSA) is 63.3 Å². The Morgan fingerprint density at radius 1 is 1.41 bits per heavy atom. The van der Waals surface area contributed by atoms with E-state index in [0.29, 0.717) is 5.56 Å². The first-order valence-corrected chi connectivity index (χ1v) is 5.43. The lowest BCUT2D eigenvalue weighted by atomic mass is 9.66. The molecule has 0 radical (unpaired) electrons. The molecule has 3 N–H and O–H groups in total. The Morgan fingerprint density at radius 2 is 2.00 bits per heavy atom. The van der Waals surface area contributed by atoms with Crippen molar-refractivity contribution in [1.29, 1.82) is 0 Å². The minimum absolute atomic E-state index is 0.139. The fraction of sp³-hybridized carbons (Fsp3) is 0.462. The zero-order chi connectivity index (χ0) is 13.3. The van der Waals surface area contributed by atoms with Crippen molar-refractivity contribution in [3.8, 4) is 0 Å². The SMILES string of the molecule is CC(C)(N)C(C)(CC(=O)O)c1cccc(F)c1. The van der Waals surface area contributed by atoms with Gasteiger partial charge >= 0.3 is 5.97 Å². The van der Waals surface area contributed by atoms with Crippen LogP contribution in [0.1, 0.15) is 32.8 Å². The summed E-state index contributed by atoms with van der Waals surface area (Å²) in [7, 11) is 0. The normalized spacial score (nSPS) is 15.4. The molecule has 0 aliphatic rings. The highest BCUT2D eigenvalue weighted by Crippen LogP contribution is 2.37. The molecule has 4 heteroatoms. The van der Waals surface area contributed by atoms with Gasteiger partial charge in [0.1, 0.15) is 5.82 Å². The molecule has 1 atom stereocenters. The maximum atomic E-state index is 13.2. The van der Waals surface area contributed by atoms with E-state index in [1.54, 1.807) is 32.9 Å². The number of rotatable bonds is 4. The van der Waals surface area contributed by atoms with Gasteiger partial charge in [0.15, 0.2) is 0 Å². The minimum atomic E-state index is -0.949. The highest BCUT2D eigenvalue weighted by atomic mass is 19.1. The highest BCUT2D eigenvalue weighted by Gasteiger charge is 2.41. The molecule has 3 nitrogen and oxygen atoms in total. The molecule has 1 aromatic rings. The van der Waals surface area contributed by atoms with Crippen molar-refractivity contribution in [1.82, 2.24) is 0 Å². The number of nitrogens with two attached hydrogens (primary N) is 1. The van der Waals surface area contributed by atoms with E-state index < -0.39 is 16.9 Å². The number of carboxylic acids is 1. The second-order valence-corrected chi connectivity index (χ2v) is 5.13. The summed E-state index contributed by atoms with van der Waals surface area (Å²) >= 11 is 0. The van der Waals surface area contributed by atoms with Crippen LogP contribution in [0.3, 0.4) is 0 Å². The number of aliphatic carboxylic acids is 1. The van der Waals surface area contributed by atoms with Gasteiger partial charge < -0.3 is 10.8 Å². The van der Waals surface area contributed by atoms with Gasteiger partial charge in [0.05, 0.1) is 6.42 Å². The van der Waals surface area contributed by atoms with Crippen molar-refractivity contribution in [3.63, 3.8) is 0 Å². The molecular weight excluding hydrogens is 221 g/mol. The van der Waals surface area contributed by atoms with E-state index in [-0.39, 0.29) is 12.2 Å². The summed E-state index contributed by atoms with van der Waals surface area (Å²) in [6.07, 6.45) is -0.139. The molecule has 94 valence electrons. The van der Waals surface area contributed by atoms with Crippen molar-refractivity contribution in [2.45, 2.75) is 38.1 Å². The molecule has 0 spiro atoms. The van der Waals surface area contributed by atoms with E-state index in [4.69, 9.17) is 10.8 Å². The van der Waals surface area contributed by atoms with Gasteiger partial charge in [-0.3, -0.25) is 4.79 Å². The first kappa shape index (κ1) is 13.6. The number of carbonyl (C=O) groups is 1. The largest absolute Gasteiger partial charge is 0.481 e. The van der Waals surface area contributed by atoms with Crippen molar-refractivity contribution in [2.24, 2.45) is 5.73 Å². The van der Waals surface area contributed by atoms with Crippen LogP contribution in [0.4, 0.5) is 4.39 Å². The first-order chi connectivity index (χ1) is 7.67. The Balaban J connectivity index is 3.29. The highest BCUT2D eigenvalue weighted by molar-refractivity contribution is 5.69. The molecule has 1 unspecified atom stereocenters. The second-order valence-electron chi connectivity index (χ2n) is 5.13. The van der Waals surface area contributed by atoms with Crippen LogP contribution in [0.2, 0.25) is 0 Å². The van der Waals surface area contributed by atoms with Gasteiger partial charge in [0.25, 0.3) is 0 Å². The van der Waals surface area contributed by atoms with E-state index in [9.17, 15) is 9.18 Å². The van der Waals surface area contributed by atoms with Gasteiger partial charge in [-0.25, -0.2) is 4.39 Å². The Labute approximate surface area is 100 Å². The molecular formula is C13H18FNO2. The maximum Gasteiger partial charge on any atom is 0.304 e. The molecule has 1 aromatic carbocycles. The minimum Gasteiger partial charge on any atom is -0.481 e. The average Bonchev–Trinajstić information content (AvgIpc) is 2.14. The van der Waals surface area contributed by atoms with E-state index in [0.717, 1.165) is 0 Å². The molecule has 0 bridgehead atoms. The molecule has 1 rings (SSSR count).